The summed E-state index contributed by atoms with van der Waals surface area (Å²) in [4.78, 5) is 0. The molecule has 0 N–H and O–H groups in total. The minimum atomic E-state index is 0.158. The molecule has 31 heavy (non-hydrogen) atoms. The van der Waals surface area contributed by atoms with Crippen LogP contribution < -0.4 is 0 Å². The van der Waals surface area contributed by atoms with Crippen molar-refractivity contribution in [1.82, 2.24) is 0 Å². The highest BCUT2D eigenvalue weighted by Crippen LogP contribution is 2.36. The third-order valence-electron chi connectivity index (χ3n) is 4.88. The van der Waals surface area contributed by atoms with Crippen molar-refractivity contribution >= 4 is 32.3 Å². The molecule has 0 saturated heterocycles. The van der Waals surface area contributed by atoms with Crippen LogP contribution in [0.5, 0.6) is 0 Å². The summed E-state index contributed by atoms with van der Waals surface area (Å²) in [5.41, 5.74) is 2.97. The first-order valence-electron chi connectivity index (χ1n) is 12.3. The molecule has 4 rings (SSSR count). The summed E-state index contributed by atoms with van der Waals surface area (Å²) < 4.78 is 0. The van der Waals surface area contributed by atoms with E-state index in [0.29, 0.717) is 0 Å². The number of hydrogen-bond donors (Lipinski definition) is 0. The third-order valence-corrected chi connectivity index (χ3v) is 4.88. The molecule has 4 aromatic rings. The highest BCUT2D eigenvalue weighted by atomic mass is 14.2. The molecule has 0 aliphatic heterocycles. The predicted octanol–water partition coefficient (Wildman–Crippen LogP) is 10.9. The van der Waals surface area contributed by atoms with Crippen LogP contribution in [0.1, 0.15) is 87.3 Å². The molecule has 0 heterocycles. The predicted molar refractivity (Wildman–Crippen MR) is 148 cm³/mol. The van der Waals surface area contributed by atoms with Crippen LogP contribution in [-0.4, -0.2) is 0 Å². The normalized spacial score (nSPS) is 9.94. The molecule has 0 saturated carbocycles. The lowest BCUT2D eigenvalue weighted by molar-refractivity contribution is 0.587. The molecule has 0 fully saturated rings. The number of benzene rings is 4. The fourth-order valence-electron chi connectivity index (χ4n) is 3.80. The second kappa shape index (κ2) is 13.9. The van der Waals surface area contributed by atoms with Crippen molar-refractivity contribution in [3.63, 3.8) is 0 Å². The van der Waals surface area contributed by atoms with Gasteiger partial charge in [0.25, 0.3) is 0 Å². The monoisotopic (exact) mass is 418 g/mol. The Balaban J connectivity index is 0.00000102. The fourth-order valence-corrected chi connectivity index (χ4v) is 3.80. The maximum absolute atomic E-state index is 2.42. The van der Waals surface area contributed by atoms with Crippen molar-refractivity contribution < 1.29 is 0 Å². The topological polar surface area (TPSA) is 0 Å². The second-order valence-electron chi connectivity index (χ2n) is 7.59. The number of aryl methyl sites for hydroxylation is 1. The van der Waals surface area contributed by atoms with Gasteiger partial charge in [-0.3, -0.25) is 0 Å². The molecule has 170 valence electrons. The van der Waals surface area contributed by atoms with Gasteiger partial charge in [0.1, 0.15) is 0 Å². The minimum Gasteiger partial charge on any atom is -0.0683 e. The van der Waals surface area contributed by atoms with Gasteiger partial charge in [-0.25, -0.2) is 0 Å². The van der Waals surface area contributed by atoms with E-state index in [4.69, 9.17) is 0 Å². The Morgan fingerprint density at radius 2 is 1.00 bits per heavy atom. The van der Waals surface area contributed by atoms with E-state index in [-0.39, 0.29) is 5.41 Å². The van der Waals surface area contributed by atoms with Crippen molar-refractivity contribution in [2.24, 2.45) is 0 Å². The van der Waals surface area contributed by atoms with E-state index < -0.39 is 0 Å². The Morgan fingerprint density at radius 1 is 0.516 bits per heavy atom. The Kier molecular flexibility index (Phi) is 12.8. The highest BCUT2D eigenvalue weighted by Gasteiger charge is 2.17. The van der Waals surface area contributed by atoms with Gasteiger partial charge in [-0.15, -0.1) is 0 Å². The molecule has 0 nitrogen and oxygen atoms in total. The van der Waals surface area contributed by atoms with E-state index in [1.807, 2.05) is 55.4 Å². The number of rotatable bonds is 0. The lowest BCUT2D eigenvalue weighted by Gasteiger charge is -2.23. The molecular weight excluding hydrogens is 372 g/mol. The van der Waals surface area contributed by atoms with Gasteiger partial charge >= 0.3 is 0 Å². The molecule has 0 atom stereocenters. The van der Waals surface area contributed by atoms with Crippen LogP contribution in [0.4, 0.5) is 0 Å². The zero-order chi connectivity index (χ0) is 24.2. The Morgan fingerprint density at radius 3 is 1.55 bits per heavy atom. The van der Waals surface area contributed by atoms with Gasteiger partial charge < -0.3 is 0 Å². The summed E-state index contributed by atoms with van der Waals surface area (Å²) >= 11 is 0. The molecule has 0 unspecified atom stereocenters. The third kappa shape index (κ3) is 6.57. The maximum atomic E-state index is 2.42. The number of hydrogen-bond acceptors (Lipinski definition) is 0. The largest absolute Gasteiger partial charge is 0.0683 e. The second-order valence-corrected chi connectivity index (χ2v) is 7.59. The summed E-state index contributed by atoms with van der Waals surface area (Å²) in [7, 11) is 0. The smallest absolute Gasteiger partial charge is 0.00267 e. The van der Waals surface area contributed by atoms with E-state index in [1.165, 1.54) is 43.4 Å². The van der Waals surface area contributed by atoms with E-state index in [0.717, 1.165) is 0 Å². The van der Waals surface area contributed by atoms with E-state index in [2.05, 4.69) is 88.4 Å². The van der Waals surface area contributed by atoms with E-state index in [1.54, 1.807) is 0 Å². The summed E-state index contributed by atoms with van der Waals surface area (Å²) in [5.74, 6) is 0. The Labute approximate surface area is 192 Å². The van der Waals surface area contributed by atoms with Crippen LogP contribution in [0.15, 0.2) is 60.7 Å². The highest BCUT2D eigenvalue weighted by molar-refractivity contribution is 6.20. The molecule has 0 spiro atoms. The quantitative estimate of drug-likeness (QED) is 0.249. The molecule has 0 bridgehead atoms. The molecule has 0 radical (unpaired) electrons. The van der Waals surface area contributed by atoms with E-state index in [9.17, 15) is 0 Å². The van der Waals surface area contributed by atoms with E-state index >= 15 is 0 Å². The van der Waals surface area contributed by atoms with Crippen molar-refractivity contribution in [2.75, 3.05) is 0 Å². The Hall–Kier alpha value is -2.34. The lowest BCUT2D eigenvalue weighted by Crippen LogP contribution is -2.12. The molecule has 0 aliphatic rings. The first kappa shape index (κ1) is 28.7. The summed E-state index contributed by atoms with van der Waals surface area (Å²) in [6, 6.07) is 22.4. The van der Waals surface area contributed by atoms with Crippen molar-refractivity contribution in [3.05, 3.63) is 71.8 Å². The molecule has 0 heteroatoms. The van der Waals surface area contributed by atoms with Gasteiger partial charge in [0.15, 0.2) is 0 Å². The van der Waals surface area contributed by atoms with Gasteiger partial charge in [-0.1, -0.05) is 131 Å². The SMILES string of the molecule is CC.CC.CC.CC.Cc1cc2ccc3ccc4ccccc4c3c2cc1C(C)(C)C. The van der Waals surface area contributed by atoms with Crippen molar-refractivity contribution in [1.29, 1.82) is 0 Å². The standard InChI is InChI=1S/C23H22.4C2H6/c1-15-13-18-12-11-17-10-9-16-7-5-6-8-19(16)22(17)20(18)14-21(15)23(2,3)4;4*1-2/h5-14H,1-4H3;4*1-2H3. The molecule has 0 amide bonds. The first-order valence-corrected chi connectivity index (χ1v) is 12.3. The molecule has 0 aromatic heterocycles. The Bertz CT molecular complexity index is 1050. The molecular formula is C31H46. The van der Waals surface area contributed by atoms with Crippen LogP contribution in [0.3, 0.4) is 0 Å². The van der Waals surface area contributed by atoms with Crippen LogP contribution >= 0.6 is 0 Å². The van der Waals surface area contributed by atoms with Crippen LogP contribution in [0.25, 0.3) is 32.3 Å². The van der Waals surface area contributed by atoms with Gasteiger partial charge in [-0.2, -0.15) is 0 Å². The van der Waals surface area contributed by atoms with Crippen molar-refractivity contribution in [3.8, 4) is 0 Å². The zero-order valence-corrected chi connectivity index (χ0v) is 22.3. The summed E-state index contributed by atoms with van der Waals surface area (Å²) in [6.45, 7) is 25.1. The fraction of sp³-hybridized carbons (Fsp3) is 0.419. The van der Waals surface area contributed by atoms with Crippen LogP contribution in [0.2, 0.25) is 0 Å². The molecule has 0 aliphatic carbocycles. The zero-order valence-electron chi connectivity index (χ0n) is 22.3. The number of fused-ring (bicyclic) bond motifs is 5. The first-order chi connectivity index (χ1) is 14.9. The maximum Gasteiger partial charge on any atom is -0.00267 e. The lowest BCUT2D eigenvalue weighted by atomic mass is 9.82. The van der Waals surface area contributed by atoms with Gasteiger partial charge in [0.2, 0.25) is 0 Å². The molecule has 4 aromatic carbocycles. The van der Waals surface area contributed by atoms with Crippen LogP contribution in [0, 0.1) is 6.92 Å². The van der Waals surface area contributed by atoms with Gasteiger partial charge in [0, 0.05) is 0 Å². The van der Waals surface area contributed by atoms with Crippen LogP contribution in [-0.2, 0) is 5.41 Å². The summed E-state index contributed by atoms with van der Waals surface area (Å²) in [6.07, 6.45) is 0. The average Bonchev–Trinajstić information content (AvgIpc) is 2.82. The summed E-state index contributed by atoms with van der Waals surface area (Å²) in [5, 5.41) is 8.06. The van der Waals surface area contributed by atoms with Gasteiger partial charge in [-0.05, 0) is 61.8 Å². The minimum absolute atomic E-state index is 0.158. The van der Waals surface area contributed by atoms with Gasteiger partial charge in [0.05, 0.1) is 0 Å². The van der Waals surface area contributed by atoms with Crippen molar-refractivity contribution in [2.45, 2.75) is 88.5 Å². The average molecular weight is 419 g/mol.